The topological polar surface area (TPSA) is 41.6 Å². The zero-order valence-corrected chi connectivity index (χ0v) is 11.3. The van der Waals surface area contributed by atoms with Crippen molar-refractivity contribution in [2.24, 2.45) is 0 Å². The monoisotopic (exact) mass is 266 g/mol. The van der Waals surface area contributed by atoms with E-state index < -0.39 is 5.82 Å². The van der Waals surface area contributed by atoms with Gasteiger partial charge in [0.25, 0.3) is 5.91 Å². The Morgan fingerprint density at radius 3 is 2.68 bits per heavy atom. The molecule has 1 heterocycles. The van der Waals surface area contributed by atoms with E-state index >= 15 is 0 Å². The highest BCUT2D eigenvalue weighted by molar-refractivity contribution is 5.99. The second-order valence-corrected chi connectivity index (χ2v) is 4.64. The Balaban J connectivity index is 2.14. The Hall–Kier alpha value is -1.62. The predicted octanol–water partition coefficient (Wildman–Crippen LogP) is 2.12. The Morgan fingerprint density at radius 2 is 2.11 bits per heavy atom. The van der Waals surface area contributed by atoms with Crippen LogP contribution in [0.2, 0.25) is 0 Å². The van der Waals surface area contributed by atoms with Crippen molar-refractivity contribution < 1.29 is 13.9 Å². The van der Waals surface area contributed by atoms with Crippen LogP contribution < -0.4 is 5.32 Å². The number of nitrogens with zero attached hydrogens (tertiary/aromatic N) is 1. The minimum atomic E-state index is -0.403. The molecule has 0 aromatic heterocycles. The minimum Gasteiger partial charge on any atom is -0.385 e. The fraction of sp³-hybridized carbons (Fsp3) is 0.500. The molecule has 104 valence electrons. The number of para-hydroxylation sites is 1. The molecule has 0 spiro atoms. The lowest BCUT2D eigenvalue weighted by Crippen LogP contribution is -2.40. The number of halogens is 1. The van der Waals surface area contributed by atoms with Gasteiger partial charge < -0.3 is 15.0 Å². The lowest BCUT2D eigenvalue weighted by molar-refractivity contribution is 0.0351. The average molecular weight is 266 g/mol. The van der Waals surface area contributed by atoms with Crippen LogP contribution in [-0.4, -0.2) is 44.2 Å². The molecule has 0 aliphatic carbocycles. The average Bonchev–Trinajstić information content (AvgIpc) is 2.46. The predicted molar refractivity (Wildman–Crippen MR) is 71.9 cm³/mol. The molecule has 0 bridgehead atoms. The van der Waals surface area contributed by atoms with Crippen LogP contribution in [0.15, 0.2) is 18.2 Å². The maximum atomic E-state index is 13.6. The number of piperidine rings is 1. The number of methoxy groups -OCH3 is 1. The first-order chi connectivity index (χ1) is 9.17. The molecule has 1 aliphatic heterocycles. The maximum absolute atomic E-state index is 13.6. The molecule has 1 saturated heterocycles. The van der Waals surface area contributed by atoms with Crippen LogP contribution in [0.5, 0.6) is 0 Å². The SMILES string of the molecule is CNc1c(F)cccc1C(=O)N1CCC(OC)CC1. The van der Waals surface area contributed by atoms with Crippen LogP contribution in [-0.2, 0) is 4.74 Å². The van der Waals surface area contributed by atoms with Crippen molar-refractivity contribution in [3.8, 4) is 0 Å². The third-order valence-corrected chi connectivity index (χ3v) is 3.56. The Morgan fingerprint density at radius 1 is 1.42 bits per heavy atom. The van der Waals surface area contributed by atoms with Gasteiger partial charge >= 0.3 is 0 Å². The maximum Gasteiger partial charge on any atom is 0.256 e. The second-order valence-electron chi connectivity index (χ2n) is 4.64. The molecule has 0 saturated carbocycles. The summed E-state index contributed by atoms with van der Waals surface area (Å²) in [6.45, 7) is 1.30. The van der Waals surface area contributed by atoms with E-state index in [-0.39, 0.29) is 17.7 Å². The molecule has 0 radical (unpaired) electrons. The van der Waals surface area contributed by atoms with Crippen LogP contribution in [0.25, 0.3) is 0 Å². The van der Waals surface area contributed by atoms with Gasteiger partial charge in [-0.1, -0.05) is 6.07 Å². The lowest BCUT2D eigenvalue weighted by atomic mass is 10.1. The van der Waals surface area contributed by atoms with Gasteiger partial charge in [-0.15, -0.1) is 0 Å². The van der Waals surface area contributed by atoms with Gasteiger partial charge in [-0.3, -0.25) is 4.79 Å². The number of hydrogen-bond acceptors (Lipinski definition) is 3. The summed E-state index contributed by atoms with van der Waals surface area (Å²) >= 11 is 0. The summed E-state index contributed by atoms with van der Waals surface area (Å²) in [5, 5.41) is 2.76. The molecule has 1 amide bonds. The minimum absolute atomic E-state index is 0.126. The van der Waals surface area contributed by atoms with Crippen LogP contribution in [0.3, 0.4) is 0 Å². The van der Waals surface area contributed by atoms with Gasteiger partial charge in [0.05, 0.1) is 17.4 Å². The summed E-state index contributed by atoms with van der Waals surface area (Å²) in [5.41, 5.74) is 0.653. The normalized spacial score (nSPS) is 16.5. The molecular formula is C14H19FN2O2. The molecule has 1 aliphatic rings. The van der Waals surface area contributed by atoms with E-state index in [2.05, 4.69) is 5.32 Å². The van der Waals surface area contributed by atoms with E-state index in [1.54, 1.807) is 31.2 Å². The molecule has 0 unspecified atom stereocenters. The van der Waals surface area contributed by atoms with E-state index in [1.165, 1.54) is 6.07 Å². The smallest absolute Gasteiger partial charge is 0.256 e. The Labute approximate surface area is 112 Å². The van der Waals surface area contributed by atoms with Gasteiger partial charge in [0.2, 0.25) is 0 Å². The number of rotatable bonds is 3. The Kier molecular flexibility index (Phi) is 4.37. The lowest BCUT2D eigenvalue weighted by Gasteiger charge is -2.31. The first-order valence-electron chi connectivity index (χ1n) is 6.45. The number of benzene rings is 1. The van der Waals surface area contributed by atoms with E-state index in [9.17, 15) is 9.18 Å². The molecule has 1 aromatic carbocycles. The third kappa shape index (κ3) is 2.87. The first kappa shape index (κ1) is 13.8. The summed E-state index contributed by atoms with van der Waals surface area (Å²) in [5.74, 6) is -0.529. The van der Waals surface area contributed by atoms with Crippen LogP contribution in [0.1, 0.15) is 23.2 Å². The number of anilines is 1. The third-order valence-electron chi connectivity index (χ3n) is 3.56. The summed E-state index contributed by atoms with van der Waals surface area (Å²) in [6, 6.07) is 4.56. The van der Waals surface area contributed by atoms with Crippen molar-refractivity contribution in [3.63, 3.8) is 0 Å². The van der Waals surface area contributed by atoms with Crippen LogP contribution in [0, 0.1) is 5.82 Å². The summed E-state index contributed by atoms with van der Waals surface area (Å²) in [6.07, 6.45) is 1.87. The van der Waals surface area contributed by atoms with Crippen molar-refractivity contribution in [2.45, 2.75) is 18.9 Å². The molecule has 1 N–H and O–H groups in total. The van der Waals surface area contributed by atoms with E-state index in [0.29, 0.717) is 18.7 Å². The number of nitrogens with one attached hydrogen (secondary N) is 1. The second kappa shape index (κ2) is 6.02. The van der Waals surface area contributed by atoms with Crippen LogP contribution in [0.4, 0.5) is 10.1 Å². The number of carbonyl (C=O) groups excluding carboxylic acids is 1. The molecule has 19 heavy (non-hydrogen) atoms. The molecule has 1 aromatic rings. The number of likely N-dealkylation sites (tertiary alicyclic amines) is 1. The molecular weight excluding hydrogens is 247 g/mol. The highest BCUT2D eigenvalue weighted by Gasteiger charge is 2.25. The number of carbonyl (C=O) groups is 1. The van der Waals surface area contributed by atoms with E-state index in [1.807, 2.05) is 0 Å². The fourth-order valence-electron chi connectivity index (χ4n) is 2.42. The molecule has 4 nitrogen and oxygen atoms in total. The van der Waals surface area contributed by atoms with E-state index in [4.69, 9.17) is 4.74 Å². The molecule has 1 fully saturated rings. The van der Waals surface area contributed by atoms with Crippen molar-refractivity contribution >= 4 is 11.6 Å². The number of amides is 1. The van der Waals surface area contributed by atoms with Crippen molar-refractivity contribution in [1.82, 2.24) is 4.90 Å². The zero-order valence-electron chi connectivity index (χ0n) is 11.3. The van der Waals surface area contributed by atoms with Gasteiger partial charge in [-0.2, -0.15) is 0 Å². The standard InChI is InChI=1S/C14H19FN2O2/c1-16-13-11(4-3-5-12(13)15)14(18)17-8-6-10(19-2)7-9-17/h3-5,10,16H,6-9H2,1-2H3. The highest BCUT2D eigenvalue weighted by Crippen LogP contribution is 2.23. The Bertz CT molecular complexity index is 457. The van der Waals surface area contributed by atoms with Gasteiger partial charge in [0, 0.05) is 27.2 Å². The molecule has 0 atom stereocenters. The van der Waals surface area contributed by atoms with Crippen molar-refractivity contribution in [3.05, 3.63) is 29.6 Å². The number of hydrogen-bond donors (Lipinski definition) is 1. The molecule has 5 heteroatoms. The quantitative estimate of drug-likeness (QED) is 0.911. The van der Waals surface area contributed by atoms with E-state index in [0.717, 1.165) is 12.8 Å². The summed E-state index contributed by atoms with van der Waals surface area (Å²) in [4.78, 5) is 14.2. The van der Waals surface area contributed by atoms with Crippen LogP contribution >= 0.6 is 0 Å². The number of ether oxygens (including phenoxy) is 1. The highest BCUT2D eigenvalue weighted by atomic mass is 19.1. The van der Waals surface area contributed by atoms with Crippen molar-refractivity contribution in [2.75, 3.05) is 32.6 Å². The van der Waals surface area contributed by atoms with Gasteiger partial charge in [0.15, 0.2) is 0 Å². The van der Waals surface area contributed by atoms with Gasteiger partial charge in [-0.25, -0.2) is 4.39 Å². The van der Waals surface area contributed by atoms with Gasteiger partial charge in [-0.05, 0) is 25.0 Å². The fourth-order valence-corrected chi connectivity index (χ4v) is 2.42. The summed E-state index contributed by atoms with van der Waals surface area (Å²) in [7, 11) is 3.31. The molecule has 2 rings (SSSR count). The largest absolute Gasteiger partial charge is 0.385 e. The zero-order chi connectivity index (χ0) is 13.8. The summed E-state index contributed by atoms with van der Waals surface area (Å²) < 4.78 is 18.9. The van der Waals surface area contributed by atoms with Crippen molar-refractivity contribution in [1.29, 1.82) is 0 Å². The first-order valence-corrected chi connectivity index (χ1v) is 6.45. The van der Waals surface area contributed by atoms with Gasteiger partial charge in [0.1, 0.15) is 5.82 Å².